The number of ether oxygens (including phenoxy) is 1. The van der Waals surface area contributed by atoms with Crippen molar-refractivity contribution >= 4 is 11.6 Å². The molecule has 2 N–H and O–H groups in total. The minimum Gasteiger partial charge on any atom is -0.496 e. The molecule has 17 heavy (non-hydrogen) atoms. The van der Waals surface area contributed by atoms with Gasteiger partial charge >= 0.3 is 0 Å². The van der Waals surface area contributed by atoms with E-state index in [9.17, 15) is 0 Å². The third kappa shape index (κ3) is 3.36. The fourth-order valence-electron chi connectivity index (χ4n) is 2.18. The number of hydrogen-bond acceptors (Lipinski definition) is 2. The Bertz CT molecular complexity index is 390. The minimum absolute atomic E-state index is 0.547. The summed E-state index contributed by atoms with van der Waals surface area (Å²) in [6, 6.07) is 1.97. The fourth-order valence-corrected chi connectivity index (χ4v) is 2.46. The maximum atomic E-state index is 6.23. The largest absolute Gasteiger partial charge is 0.496 e. The molecule has 0 amide bonds. The van der Waals surface area contributed by atoms with E-state index in [1.165, 1.54) is 5.56 Å². The fraction of sp³-hybridized carbons (Fsp3) is 0.571. The zero-order chi connectivity index (χ0) is 13.0. The molecule has 0 aliphatic carbocycles. The molecule has 0 heterocycles. The highest BCUT2D eigenvalue weighted by molar-refractivity contribution is 6.31. The highest BCUT2D eigenvalue weighted by atomic mass is 35.5. The Balaban J connectivity index is 3.11. The molecule has 2 nitrogen and oxygen atoms in total. The SMILES string of the molecule is COc1c(C)cc(Cl)c(C)c1CC(C)CCN. The lowest BCUT2D eigenvalue weighted by atomic mass is 9.93. The number of hydrogen-bond donors (Lipinski definition) is 1. The summed E-state index contributed by atoms with van der Waals surface area (Å²) in [5.41, 5.74) is 9.03. The van der Waals surface area contributed by atoms with Crippen molar-refractivity contribution in [3.8, 4) is 5.75 Å². The average molecular weight is 256 g/mol. The lowest BCUT2D eigenvalue weighted by Gasteiger charge is -2.18. The number of methoxy groups -OCH3 is 1. The first-order valence-electron chi connectivity index (χ1n) is 6.03. The van der Waals surface area contributed by atoms with Crippen molar-refractivity contribution in [3.05, 3.63) is 27.8 Å². The lowest BCUT2D eigenvalue weighted by Crippen LogP contribution is -2.10. The summed E-state index contributed by atoms with van der Waals surface area (Å²) in [7, 11) is 1.72. The van der Waals surface area contributed by atoms with Gasteiger partial charge in [-0.2, -0.15) is 0 Å². The third-order valence-corrected chi connectivity index (χ3v) is 3.60. The van der Waals surface area contributed by atoms with Crippen LogP contribution in [-0.4, -0.2) is 13.7 Å². The predicted octanol–water partition coefficient (Wildman–Crippen LogP) is 3.49. The van der Waals surface area contributed by atoms with E-state index < -0.39 is 0 Å². The van der Waals surface area contributed by atoms with Crippen LogP contribution in [0.15, 0.2) is 6.07 Å². The molecule has 0 aromatic heterocycles. The van der Waals surface area contributed by atoms with E-state index in [1.54, 1.807) is 7.11 Å². The number of halogens is 1. The first kappa shape index (κ1) is 14.3. The summed E-state index contributed by atoms with van der Waals surface area (Å²) in [6.45, 7) is 7.01. The molecule has 0 radical (unpaired) electrons. The number of rotatable bonds is 5. The Labute approximate surface area is 109 Å². The standard InChI is InChI=1S/C14H22ClNO/c1-9(5-6-16)7-12-11(3)13(15)8-10(2)14(12)17-4/h8-9H,5-7,16H2,1-4H3. The van der Waals surface area contributed by atoms with Crippen molar-refractivity contribution in [3.63, 3.8) is 0 Å². The van der Waals surface area contributed by atoms with Crippen LogP contribution in [0.3, 0.4) is 0 Å². The molecular weight excluding hydrogens is 234 g/mol. The molecular formula is C14H22ClNO. The Morgan fingerprint density at radius 1 is 1.41 bits per heavy atom. The van der Waals surface area contributed by atoms with E-state index >= 15 is 0 Å². The van der Waals surface area contributed by atoms with Crippen LogP contribution in [0.25, 0.3) is 0 Å². The van der Waals surface area contributed by atoms with Gasteiger partial charge in [0.15, 0.2) is 0 Å². The monoisotopic (exact) mass is 255 g/mol. The number of benzene rings is 1. The van der Waals surface area contributed by atoms with Crippen molar-refractivity contribution in [2.75, 3.05) is 13.7 Å². The molecule has 0 fully saturated rings. The first-order chi connectivity index (χ1) is 8.01. The normalized spacial score (nSPS) is 12.6. The first-order valence-corrected chi connectivity index (χ1v) is 6.41. The Hall–Kier alpha value is -0.730. The van der Waals surface area contributed by atoms with Gasteiger partial charge in [0.05, 0.1) is 7.11 Å². The zero-order valence-electron chi connectivity index (χ0n) is 11.1. The van der Waals surface area contributed by atoms with Crippen LogP contribution in [0.4, 0.5) is 0 Å². The highest BCUT2D eigenvalue weighted by Crippen LogP contribution is 2.33. The van der Waals surface area contributed by atoms with Gasteiger partial charge in [-0.05, 0) is 61.9 Å². The summed E-state index contributed by atoms with van der Waals surface area (Å²) < 4.78 is 5.50. The summed E-state index contributed by atoms with van der Waals surface area (Å²) in [4.78, 5) is 0. The molecule has 0 aliphatic heterocycles. The molecule has 0 saturated heterocycles. The van der Waals surface area contributed by atoms with Crippen molar-refractivity contribution in [2.45, 2.75) is 33.6 Å². The second-order valence-corrected chi connectivity index (χ2v) is 5.11. The Morgan fingerprint density at radius 2 is 2.06 bits per heavy atom. The van der Waals surface area contributed by atoms with Gasteiger partial charge in [-0.1, -0.05) is 18.5 Å². The van der Waals surface area contributed by atoms with Gasteiger partial charge in [-0.15, -0.1) is 0 Å². The van der Waals surface area contributed by atoms with Gasteiger partial charge in [0, 0.05) is 5.02 Å². The molecule has 3 heteroatoms. The van der Waals surface area contributed by atoms with Gasteiger partial charge in [0.2, 0.25) is 0 Å². The molecule has 0 aliphatic rings. The van der Waals surface area contributed by atoms with E-state index in [4.69, 9.17) is 22.1 Å². The summed E-state index contributed by atoms with van der Waals surface area (Å²) in [5.74, 6) is 1.52. The van der Waals surface area contributed by atoms with Crippen LogP contribution in [0.1, 0.15) is 30.0 Å². The third-order valence-electron chi connectivity index (χ3n) is 3.20. The molecule has 1 rings (SSSR count). The van der Waals surface area contributed by atoms with Gasteiger partial charge in [-0.3, -0.25) is 0 Å². The van der Waals surface area contributed by atoms with E-state index in [0.29, 0.717) is 5.92 Å². The quantitative estimate of drug-likeness (QED) is 0.874. The predicted molar refractivity (Wildman–Crippen MR) is 74.0 cm³/mol. The molecule has 1 atom stereocenters. The maximum Gasteiger partial charge on any atom is 0.125 e. The molecule has 1 aromatic rings. The van der Waals surface area contributed by atoms with Crippen LogP contribution in [-0.2, 0) is 6.42 Å². The summed E-state index contributed by atoms with van der Waals surface area (Å²) in [5, 5.41) is 0.818. The molecule has 1 aromatic carbocycles. The van der Waals surface area contributed by atoms with E-state index in [0.717, 1.165) is 41.3 Å². The maximum absolute atomic E-state index is 6.23. The van der Waals surface area contributed by atoms with E-state index in [-0.39, 0.29) is 0 Å². The van der Waals surface area contributed by atoms with Crippen molar-refractivity contribution in [1.29, 1.82) is 0 Å². The van der Waals surface area contributed by atoms with Crippen LogP contribution in [0.2, 0.25) is 5.02 Å². The lowest BCUT2D eigenvalue weighted by molar-refractivity contribution is 0.400. The molecule has 1 unspecified atom stereocenters. The molecule has 96 valence electrons. The minimum atomic E-state index is 0.547. The Kier molecular flexibility index (Phi) is 5.29. The topological polar surface area (TPSA) is 35.2 Å². The second kappa shape index (κ2) is 6.27. The zero-order valence-corrected chi connectivity index (χ0v) is 11.9. The second-order valence-electron chi connectivity index (χ2n) is 4.70. The summed E-state index contributed by atoms with van der Waals surface area (Å²) >= 11 is 6.23. The molecule has 0 bridgehead atoms. The van der Waals surface area contributed by atoms with Crippen LogP contribution in [0, 0.1) is 19.8 Å². The van der Waals surface area contributed by atoms with Crippen LogP contribution in [0.5, 0.6) is 5.75 Å². The van der Waals surface area contributed by atoms with Crippen molar-refractivity contribution < 1.29 is 4.74 Å². The molecule has 0 saturated carbocycles. The van der Waals surface area contributed by atoms with Crippen molar-refractivity contribution in [1.82, 2.24) is 0 Å². The van der Waals surface area contributed by atoms with Crippen molar-refractivity contribution in [2.24, 2.45) is 11.7 Å². The van der Waals surface area contributed by atoms with Crippen LogP contribution >= 0.6 is 11.6 Å². The van der Waals surface area contributed by atoms with Gasteiger partial charge in [0.25, 0.3) is 0 Å². The van der Waals surface area contributed by atoms with E-state index in [1.807, 2.05) is 13.0 Å². The van der Waals surface area contributed by atoms with E-state index in [2.05, 4.69) is 13.8 Å². The number of nitrogens with two attached hydrogens (primary N) is 1. The van der Waals surface area contributed by atoms with Gasteiger partial charge < -0.3 is 10.5 Å². The van der Waals surface area contributed by atoms with Gasteiger partial charge in [-0.25, -0.2) is 0 Å². The summed E-state index contributed by atoms with van der Waals surface area (Å²) in [6.07, 6.45) is 1.99. The average Bonchev–Trinajstić information content (AvgIpc) is 2.26. The number of aryl methyl sites for hydroxylation is 1. The van der Waals surface area contributed by atoms with Gasteiger partial charge in [0.1, 0.15) is 5.75 Å². The molecule has 0 spiro atoms. The van der Waals surface area contributed by atoms with Crippen LogP contribution < -0.4 is 10.5 Å². The smallest absolute Gasteiger partial charge is 0.125 e. The highest BCUT2D eigenvalue weighted by Gasteiger charge is 2.15. The Morgan fingerprint density at radius 3 is 2.59 bits per heavy atom.